The van der Waals surface area contributed by atoms with Gasteiger partial charge in [-0.2, -0.15) is 5.01 Å². The molecule has 0 spiro atoms. The highest BCUT2D eigenvalue weighted by Crippen LogP contribution is 2.24. The molecule has 2 N–H and O–H groups in total. The number of rotatable bonds is 3. The van der Waals surface area contributed by atoms with Crippen molar-refractivity contribution in [2.45, 2.75) is 32.1 Å². The van der Waals surface area contributed by atoms with Crippen LogP contribution in [0.3, 0.4) is 0 Å². The molecule has 7 nitrogen and oxygen atoms in total. The average molecular weight is 280 g/mol. The van der Waals surface area contributed by atoms with E-state index in [2.05, 4.69) is 20.9 Å². The summed E-state index contributed by atoms with van der Waals surface area (Å²) in [6, 6.07) is 0. The highest BCUT2D eigenvalue weighted by atomic mass is 16.5. The largest absolute Gasteiger partial charge is 0.313 e. The second-order valence-electron chi connectivity index (χ2n) is 5.51. The predicted octanol–water partition coefficient (Wildman–Crippen LogP) is 0.0221. The van der Waals surface area contributed by atoms with Crippen molar-refractivity contribution in [1.29, 1.82) is 0 Å². The number of hydrogen-bond donors (Lipinski definition) is 2. The van der Waals surface area contributed by atoms with Crippen molar-refractivity contribution in [1.82, 2.24) is 10.6 Å². The van der Waals surface area contributed by atoms with Crippen LogP contribution in [-0.2, 0) is 4.79 Å². The smallest absolute Gasteiger partial charge is 0.305 e. The Morgan fingerprint density at radius 2 is 2.10 bits per heavy atom. The van der Waals surface area contributed by atoms with Crippen molar-refractivity contribution in [3.63, 3.8) is 0 Å². The van der Waals surface area contributed by atoms with Crippen molar-refractivity contribution >= 4 is 11.8 Å². The fourth-order valence-electron chi connectivity index (χ4n) is 2.87. The van der Waals surface area contributed by atoms with Crippen LogP contribution < -0.4 is 20.4 Å². The van der Waals surface area contributed by atoms with Crippen LogP contribution in [0.15, 0.2) is 10.7 Å². The molecular weight excluding hydrogens is 258 g/mol. The van der Waals surface area contributed by atoms with E-state index in [4.69, 9.17) is 4.52 Å². The number of hydrogen-bond acceptors (Lipinski definition) is 5. The molecule has 1 saturated heterocycles. The van der Waals surface area contributed by atoms with Crippen LogP contribution in [0.5, 0.6) is 0 Å². The fourth-order valence-corrected chi connectivity index (χ4v) is 2.87. The van der Waals surface area contributed by atoms with Crippen molar-refractivity contribution in [3.05, 3.63) is 6.20 Å². The van der Waals surface area contributed by atoms with Gasteiger partial charge >= 0.3 is 5.88 Å². The molecule has 0 unspecified atom stereocenters. The Kier molecular flexibility index (Phi) is 4.15. The number of amides is 1. The van der Waals surface area contributed by atoms with E-state index in [1.807, 2.05) is 0 Å². The molecule has 20 heavy (non-hydrogen) atoms. The topological polar surface area (TPSA) is 74.3 Å². The van der Waals surface area contributed by atoms with E-state index in [0.29, 0.717) is 5.88 Å². The van der Waals surface area contributed by atoms with Crippen molar-refractivity contribution in [2.75, 3.05) is 36.5 Å². The molecule has 3 rings (SSSR count). The summed E-state index contributed by atoms with van der Waals surface area (Å²) < 4.78 is 5.20. The first kappa shape index (κ1) is 13.4. The number of piperazine rings is 1. The summed E-state index contributed by atoms with van der Waals surface area (Å²) in [6.07, 6.45) is 7.25. The van der Waals surface area contributed by atoms with E-state index >= 15 is 0 Å². The first-order chi connectivity index (χ1) is 9.83. The van der Waals surface area contributed by atoms with Gasteiger partial charge in [-0.15, -0.1) is 0 Å². The number of anilines is 1. The summed E-state index contributed by atoms with van der Waals surface area (Å²) in [5.41, 5.74) is 0. The van der Waals surface area contributed by atoms with Gasteiger partial charge in [-0.3, -0.25) is 14.6 Å². The molecule has 0 atom stereocenters. The average Bonchev–Trinajstić information content (AvgIpc) is 2.97. The van der Waals surface area contributed by atoms with Gasteiger partial charge in [0.2, 0.25) is 11.2 Å². The molecule has 1 amide bonds. The lowest BCUT2D eigenvalue weighted by Crippen LogP contribution is -2.64. The first-order valence-corrected chi connectivity index (χ1v) is 7.48. The van der Waals surface area contributed by atoms with Crippen LogP contribution in [0.25, 0.3) is 0 Å². The summed E-state index contributed by atoms with van der Waals surface area (Å²) >= 11 is 0. The Morgan fingerprint density at radius 1 is 1.35 bits per heavy atom. The maximum Gasteiger partial charge on any atom is 0.305 e. The summed E-state index contributed by atoms with van der Waals surface area (Å²) in [4.78, 5) is 13.8. The molecule has 110 valence electrons. The molecule has 2 aliphatic rings. The molecule has 2 heterocycles. The van der Waals surface area contributed by atoms with E-state index in [0.717, 1.165) is 51.9 Å². The molecule has 0 bridgehead atoms. The summed E-state index contributed by atoms with van der Waals surface area (Å²) in [5.74, 6) is 0.619. The molecule has 0 radical (unpaired) electrons. The third-order valence-electron chi connectivity index (χ3n) is 4.06. The third-order valence-corrected chi connectivity index (χ3v) is 4.06. The normalized spacial score (nSPS) is 20.9. The molecular formula is C13H22N5O2+. The number of nitrogens with one attached hydrogen (secondary N) is 2. The number of carbonyl (C=O) groups excluding carboxylic acids is 1. The lowest BCUT2D eigenvalue weighted by molar-refractivity contribution is -0.758. The maximum atomic E-state index is 12.1. The van der Waals surface area contributed by atoms with E-state index in [9.17, 15) is 4.79 Å². The van der Waals surface area contributed by atoms with Crippen LogP contribution >= 0.6 is 0 Å². The maximum absolute atomic E-state index is 12.1. The minimum Gasteiger partial charge on any atom is -0.313 e. The van der Waals surface area contributed by atoms with Gasteiger partial charge in [0.25, 0.3) is 6.20 Å². The van der Waals surface area contributed by atoms with Crippen molar-refractivity contribution in [3.8, 4) is 0 Å². The Morgan fingerprint density at radius 3 is 2.85 bits per heavy atom. The lowest BCUT2D eigenvalue weighted by Gasteiger charge is -2.19. The van der Waals surface area contributed by atoms with Crippen LogP contribution in [0, 0.1) is 5.92 Å². The van der Waals surface area contributed by atoms with Crippen LogP contribution in [0.1, 0.15) is 32.1 Å². The number of aromatic nitrogens is 2. The molecule has 1 aliphatic heterocycles. The zero-order chi connectivity index (χ0) is 13.8. The van der Waals surface area contributed by atoms with Crippen LogP contribution in [0.2, 0.25) is 0 Å². The Hall–Kier alpha value is -1.63. The predicted molar refractivity (Wildman–Crippen MR) is 72.7 cm³/mol. The first-order valence-electron chi connectivity index (χ1n) is 7.48. The van der Waals surface area contributed by atoms with Gasteiger partial charge < -0.3 is 5.32 Å². The highest BCUT2D eigenvalue weighted by Gasteiger charge is 2.26. The van der Waals surface area contributed by atoms with Crippen LogP contribution in [-0.4, -0.2) is 37.4 Å². The third kappa shape index (κ3) is 3.09. The minimum absolute atomic E-state index is 0.0633. The Labute approximate surface area is 118 Å². The SMILES string of the molecule is O=C(Nc1c[n+](N2CCNCC2)no1)C1CCCCC1. The van der Waals surface area contributed by atoms with Gasteiger partial charge in [0.05, 0.1) is 17.9 Å². The van der Waals surface area contributed by atoms with E-state index in [1.54, 1.807) is 11.0 Å². The van der Waals surface area contributed by atoms with E-state index in [1.165, 1.54) is 6.42 Å². The number of nitrogens with zero attached hydrogens (tertiary/aromatic N) is 3. The number of carbonyl (C=O) groups is 1. The second-order valence-corrected chi connectivity index (χ2v) is 5.51. The fraction of sp³-hybridized carbons (Fsp3) is 0.769. The van der Waals surface area contributed by atoms with Crippen molar-refractivity contribution in [2.24, 2.45) is 5.92 Å². The van der Waals surface area contributed by atoms with E-state index < -0.39 is 0 Å². The molecule has 1 aromatic rings. The van der Waals surface area contributed by atoms with Gasteiger partial charge in [0, 0.05) is 19.0 Å². The van der Waals surface area contributed by atoms with Gasteiger partial charge in [0.15, 0.2) is 0 Å². The van der Waals surface area contributed by atoms with Gasteiger partial charge in [-0.1, -0.05) is 19.3 Å². The molecule has 1 aromatic heterocycles. The summed E-state index contributed by atoms with van der Waals surface area (Å²) in [7, 11) is 0. The molecule has 0 aromatic carbocycles. The van der Waals surface area contributed by atoms with Gasteiger partial charge in [0.1, 0.15) is 0 Å². The van der Waals surface area contributed by atoms with Gasteiger partial charge in [-0.05, 0) is 12.8 Å². The molecule has 7 heteroatoms. The second kappa shape index (κ2) is 6.21. The highest BCUT2D eigenvalue weighted by molar-refractivity contribution is 5.91. The Bertz CT molecular complexity index is 449. The zero-order valence-electron chi connectivity index (χ0n) is 11.7. The van der Waals surface area contributed by atoms with Crippen LogP contribution in [0.4, 0.5) is 5.88 Å². The summed E-state index contributed by atoms with van der Waals surface area (Å²) in [5, 5.41) is 12.2. The Balaban J connectivity index is 1.57. The quantitative estimate of drug-likeness (QED) is 0.764. The van der Waals surface area contributed by atoms with Gasteiger partial charge in [-0.25, -0.2) is 0 Å². The van der Waals surface area contributed by atoms with Crippen molar-refractivity contribution < 1.29 is 14.1 Å². The summed E-state index contributed by atoms with van der Waals surface area (Å²) in [6.45, 7) is 3.63. The molecule has 1 aliphatic carbocycles. The monoisotopic (exact) mass is 280 g/mol. The van der Waals surface area contributed by atoms with E-state index in [-0.39, 0.29) is 11.8 Å². The standard InChI is InChI=1S/C13H21N5O2/c19-13(11-4-2-1-3-5-11)15-12-10-18(16-20-12)17-8-6-14-7-9-17/h10-11,14H,1-9H2/p+1. The zero-order valence-corrected chi connectivity index (χ0v) is 11.7. The minimum atomic E-state index is 0.0633. The molecule has 1 saturated carbocycles. The molecule has 2 fully saturated rings. The lowest BCUT2D eigenvalue weighted by atomic mass is 9.89.